The largest absolute Gasteiger partial charge is 0.397 e. The topological polar surface area (TPSA) is 83.8 Å². The van der Waals surface area contributed by atoms with Gasteiger partial charge in [0.05, 0.1) is 28.0 Å². The van der Waals surface area contributed by atoms with Crippen LogP contribution in [-0.2, 0) is 7.05 Å². The highest BCUT2D eigenvalue weighted by Gasteiger charge is 2.12. The predicted molar refractivity (Wildman–Crippen MR) is 73.9 cm³/mol. The summed E-state index contributed by atoms with van der Waals surface area (Å²) in [6, 6.07) is 8.22. The third-order valence-electron chi connectivity index (χ3n) is 2.61. The molecule has 0 aliphatic heterocycles. The van der Waals surface area contributed by atoms with Crippen LogP contribution in [-0.4, -0.2) is 10.5 Å². The number of carbonyl (C=O) groups is 1. The van der Waals surface area contributed by atoms with Crippen molar-refractivity contribution in [2.75, 3.05) is 11.1 Å². The Kier molecular flexibility index (Phi) is 3.45. The Morgan fingerprint density at radius 3 is 2.74 bits per heavy atom. The van der Waals surface area contributed by atoms with E-state index < -0.39 is 0 Å². The highest BCUT2D eigenvalue weighted by molar-refractivity contribution is 6.34. The van der Waals surface area contributed by atoms with Gasteiger partial charge in [-0.2, -0.15) is 5.26 Å². The molecule has 0 saturated heterocycles. The zero-order valence-corrected chi connectivity index (χ0v) is 10.9. The minimum Gasteiger partial charge on any atom is -0.397 e. The van der Waals surface area contributed by atoms with Crippen molar-refractivity contribution in [3.63, 3.8) is 0 Å². The number of nitrogens with one attached hydrogen (secondary N) is 1. The molecule has 0 aliphatic rings. The summed E-state index contributed by atoms with van der Waals surface area (Å²) in [5, 5.41) is 11.7. The highest BCUT2D eigenvalue weighted by atomic mass is 35.5. The van der Waals surface area contributed by atoms with E-state index in [1.165, 1.54) is 6.07 Å². The first-order valence-corrected chi connectivity index (χ1v) is 5.82. The summed E-state index contributed by atoms with van der Waals surface area (Å²) in [5.41, 5.74) is 7.44. The van der Waals surface area contributed by atoms with E-state index >= 15 is 0 Å². The Morgan fingerprint density at radius 1 is 1.47 bits per heavy atom. The van der Waals surface area contributed by atoms with Gasteiger partial charge in [-0.25, -0.2) is 0 Å². The number of anilines is 2. The molecule has 1 aromatic carbocycles. The average molecular weight is 275 g/mol. The quantitative estimate of drug-likeness (QED) is 0.882. The van der Waals surface area contributed by atoms with E-state index in [4.69, 9.17) is 22.6 Å². The Bertz CT molecular complexity index is 684. The van der Waals surface area contributed by atoms with Crippen molar-refractivity contribution in [1.82, 2.24) is 4.57 Å². The van der Waals surface area contributed by atoms with Crippen molar-refractivity contribution in [2.24, 2.45) is 7.05 Å². The molecule has 0 saturated carbocycles. The van der Waals surface area contributed by atoms with Crippen LogP contribution >= 0.6 is 11.6 Å². The molecule has 96 valence electrons. The van der Waals surface area contributed by atoms with Crippen LogP contribution in [0.25, 0.3) is 0 Å². The maximum Gasteiger partial charge on any atom is 0.272 e. The number of nitriles is 1. The van der Waals surface area contributed by atoms with E-state index in [0.717, 1.165) is 0 Å². The summed E-state index contributed by atoms with van der Waals surface area (Å²) < 4.78 is 1.63. The molecule has 0 aliphatic carbocycles. The Labute approximate surface area is 115 Å². The summed E-state index contributed by atoms with van der Waals surface area (Å²) in [7, 11) is 1.73. The molecular formula is C13H11ClN4O. The molecule has 1 aromatic heterocycles. The lowest BCUT2D eigenvalue weighted by Gasteiger charge is -2.07. The number of hydrogen-bond donors (Lipinski definition) is 2. The molecule has 6 heteroatoms. The van der Waals surface area contributed by atoms with Gasteiger partial charge in [-0.15, -0.1) is 0 Å². The number of carbonyl (C=O) groups excluding carboxylic acids is 1. The third kappa shape index (κ3) is 2.69. The normalized spacial score (nSPS) is 9.95. The second-order valence-corrected chi connectivity index (χ2v) is 4.44. The fourth-order valence-corrected chi connectivity index (χ4v) is 1.92. The van der Waals surface area contributed by atoms with Gasteiger partial charge in [0.2, 0.25) is 0 Å². The lowest BCUT2D eigenvalue weighted by atomic mass is 10.2. The molecule has 0 atom stereocenters. The van der Waals surface area contributed by atoms with Gasteiger partial charge < -0.3 is 15.6 Å². The zero-order valence-electron chi connectivity index (χ0n) is 10.1. The number of hydrogen-bond acceptors (Lipinski definition) is 3. The van der Waals surface area contributed by atoms with Crippen LogP contribution < -0.4 is 11.1 Å². The lowest BCUT2D eigenvalue weighted by molar-refractivity contribution is 0.101. The molecule has 2 aromatic rings. The standard InChI is InChI=1S/C13H11ClN4O/c1-18-7-9(16)5-12(18)13(19)17-11-3-2-8(6-15)4-10(11)14/h2-5,7H,16H2,1H3,(H,17,19). The first-order valence-electron chi connectivity index (χ1n) is 5.44. The van der Waals surface area contributed by atoms with Gasteiger partial charge >= 0.3 is 0 Å². The minimum absolute atomic E-state index is 0.314. The van der Waals surface area contributed by atoms with Crippen LogP contribution in [0, 0.1) is 11.3 Å². The molecule has 1 amide bonds. The first kappa shape index (κ1) is 13.0. The fraction of sp³-hybridized carbons (Fsp3) is 0.0769. The van der Waals surface area contributed by atoms with Crippen LogP contribution in [0.1, 0.15) is 16.1 Å². The third-order valence-corrected chi connectivity index (χ3v) is 2.92. The smallest absolute Gasteiger partial charge is 0.272 e. The number of benzene rings is 1. The van der Waals surface area contributed by atoms with Crippen LogP contribution in [0.15, 0.2) is 30.5 Å². The Hall–Kier alpha value is -2.45. The molecule has 0 bridgehead atoms. The SMILES string of the molecule is Cn1cc(N)cc1C(=O)Nc1ccc(C#N)cc1Cl. The average Bonchev–Trinajstić information content (AvgIpc) is 2.71. The lowest BCUT2D eigenvalue weighted by Crippen LogP contribution is -2.15. The van der Waals surface area contributed by atoms with Crippen molar-refractivity contribution >= 4 is 28.9 Å². The predicted octanol–water partition coefficient (Wildman–Crippen LogP) is 2.38. The second kappa shape index (κ2) is 5.04. The van der Waals surface area contributed by atoms with E-state index in [-0.39, 0.29) is 5.91 Å². The molecule has 19 heavy (non-hydrogen) atoms. The molecule has 3 N–H and O–H groups in total. The molecule has 2 rings (SSSR count). The van der Waals surface area contributed by atoms with Crippen LogP contribution in [0.3, 0.4) is 0 Å². The van der Waals surface area contributed by atoms with Gasteiger partial charge in [0.25, 0.3) is 5.91 Å². The summed E-state index contributed by atoms with van der Waals surface area (Å²) in [6.45, 7) is 0. The van der Waals surface area contributed by atoms with Crippen molar-refractivity contribution in [2.45, 2.75) is 0 Å². The van der Waals surface area contributed by atoms with E-state index in [9.17, 15) is 4.79 Å². The van der Waals surface area contributed by atoms with Crippen molar-refractivity contribution in [3.05, 3.63) is 46.7 Å². The minimum atomic E-state index is -0.314. The van der Waals surface area contributed by atoms with Crippen LogP contribution in [0.2, 0.25) is 5.02 Å². The first-order chi connectivity index (χ1) is 9.01. The second-order valence-electron chi connectivity index (χ2n) is 4.03. The van der Waals surface area contributed by atoms with E-state index in [1.807, 2.05) is 6.07 Å². The van der Waals surface area contributed by atoms with E-state index in [1.54, 1.807) is 36.0 Å². The van der Waals surface area contributed by atoms with Gasteiger partial charge in [0, 0.05) is 13.2 Å². The Balaban J connectivity index is 2.25. The van der Waals surface area contributed by atoms with Gasteiger partial charge in [0.15, 0.2) is 0 Å². The number of halogens is 1. The summed E-state index contributed by atoms with van der Waals surface area (Å²) in [4.78, 5) is 12.0. The van der Waals surface area contributed by atoms with Gasteiger partial charge in [-0.1, -0.05) is 11.6 Å². The summed E-state index contributed by atoms with van der Waals surface area (Å²) in [6.07, 6.45) is 1.65. The monoisotopic (exact) mass is 274 g/mol. The number of nitrogens with zero attached hydrogens (tertiary/aromatic N) is 2. The van der Waals surface area contributed by atoms with Gasteiger partial charge in [-0.3, -0.25) is 4.79 Å². The Morgan fingerprint density at radius 2 is 2.21 bits per heavy atom. The van der Waals surface area contributed by atoms with Crippen LogP contribution in [0.5, 0.6) is 0 Å². The van der Waals surface area contributed by atoms with Crippen molar-refractivity contribution in [1.29, 1.82) is 5.26 Å². The number of amides is 1. The van der Waals surface area contributed by atoms with Crippen LogP contribution in [0.4, 0.5) is 11.4 Å². The number of nitrogens with two attached hydrogens (primary N) is 1. The molecule has 1 heterocycles. The van der Waals surface area contributed by atoms with E-state index in [2.05, 4.69) is 5.32 Å². The molecule has 0 unspecified atom stereocenters. The number of aromatic nitrogens is 1. The maximum atomic E-state index is 12.0. The molecule has 5 nitrogen and oxygen atoms in total. The molecular weight excluding hydrogens is 264 g/mol. The van der Waals surface area contributed by atoms with Crippen molar-refractivity contribution < 1.29 is 4.79 Å². The number of nitrogen functional groups attached to an aromatic ring is 1. The molecule has 0 fully saturated rings. The summed E-state index contributed by atoms with van der Waals surface area (Å²) in [5.74, 6) is -0.314. The summed E-state index contributed by atoms with van der Waals surface area (Å²) >= 11 is 5.99. The number of aryl methyl sites for hydroxylation is 1. The maximum absolute atomic E-state index is 12.0. The molecule has 0 radical (unpaired) electrons. The van der Waals surface area contributed by atoms with E-state index in [0.29, 0.717) is 27.7 Å². The van der Waals surface area contributed by atoms with Crippen molar-refractivity contribution in [3.8, 4) is 6.07 Å². The van der Waals surface area contributed by atoms with Gasteiger partial charge in [0.1, 0.15) is 5.69 Å². The highest BCUT2D eigenvalue weighted by Crippen LogP contribution is 2.23. The zero-order chi connectivity index (χ0) is 14.0. The van der Waals surface area contributed by atoms with Gasteiger partial charge in [-0.05, 0) is 24.3 Å². The number of rotatable bonds is 2. The fourth-order valence-electron chi connectivity index (χ4n) is 1.69. The molecule has 0 spiro atoms.